The van der Waals surface area contributed by atoms with Crippen molar-refractivity contribution < 1.29 is 4.74 Å². The molecule has 0 radical (unpaired) electrons. The molecule has 0 bridgehead atoms. The normalized spacial score (nSPS) is 10.6. The lowest BCUT2D eigenvalue weighted by atomic mass is 10.2. The van der Waals surface area contributed by atoms with Crippen molar-refractivity contribution in [1.82, 2.24) is 19.6 Å². The standard InChI is InChI=1S/C11H17N5O/c1-8-9(6-13-16(8)3)5-12-10-7-15(2)14-11(10)17-4/h6-7,12H,5H2,1-4H3. The summed E-state index contributed by atoms with van der Waals surface area (Å²) >= 11 is 0. The molecule has 6 heteroatoms. The van der Waals surface area contributed by atoms with E-state index in [2.05, 4.69) is 15.5 Å². The van der Waals surface area contributed by atoms with Crippen molar-refractivity contribution in [2.24, 2.45) is 14.1 Å². The Morgan fingerprint density at radius 2 is 2.18 bits per heavy atom. The molecule has 2 heterocycles. The molecule has 0 aliphatic carbocycles. The van der Waals surface area contributed by atoms with Gasteiger partial charge in [-0.1, -0.05) is 0 Å². The van der Waals surface area contributed by atoms with Gasteiger partial charge in [0.05, 0.1) is 19.5 Å². The van der Waals surface area contributed by atoms with Gasteiger partial charge >= 0.3 is 0 Å². The van der Waals surface area contributed by atoms with Crippen LogP contribution in [-0.4, -0.2) is 26.7 Å². The number of aryl methyl sites for hydroxylation is 2. The smallest absolute Gasteiger partial charge is 0.256 e. The summed E-state index contributed by atoms with van der Waals surface area (Å²) in [6, 6.07) is 0. The summed E-state index contributed by atoms with van der Waals surface area (Å²) in [5, 5.41) is 11.7. The van der Waals surface area contributed by atoms with Crippen LogP contribution in [0.15, 0.2) is 12.4 Å². The Balaban J connectivity index is 2.09. The number of hydrogen-bond acceptors (Lipinski definition) is 4. The van der Waals surface area contributed by atoms with Crippen LogP contribution in [0.2, 0.25) is 0 Å². The summed E-state index contributed by atoms with van der Waals surface area (Å²) in [5.74, 6) is 0.606. The van der Waals surface area contributed by atoms with E-state index in [9.17, 15) is 0 Å². The molecule has 0 spiro atoms. The molecular weight excluding hydrogens is 218 g/mol. The number of aromatic nitrogens is 4. The van der Waals surface area contributed by atoms with Gasteiger partial charge in [0.1, 0.15) is 5.69 Å². The van der Waals surface area contributed by atoms with E-state index in [0.717, 1.165) is 11.4 Å². The van der Waals surface area contributed by atoms with Crippen LogP contribution in [0.4, 0.5) is 5.69 Å². The highest BCUT2D eigenvalue weighted by atomic mass is 16.5. The first-order valence-corrected chi connectivity index (χ1v) is 5.40. The molecular formula is C11H17N5O. The van der Waals surface area contributed by atoms with Crippen molar-refractivity contribution in [3.8, 4) is 5.88 Å². The quantitative estimate of drug-likeness (QED) is 0.861. The largest absolute Gasteiger partial charge is 0.478 e. The average molecular weight is 235 g/mol. The molecule has 2 aromatic heterocycles. The second-order valence-electron chi connectivity index (χ2n) is 3.96. The molecule has 0 amide bonds. The zero-order valence-corrected chi connectivity index (χ0v) is 10.6. The Bertz CT molecular complexity index is 514. The molecule has 0 atom stereocenters. The van der Waals surface area contributed by atoms with Crippen LogP contribution in [-0.2, 0) is 20.6 Å². The summed E-state index contributed by atoms with van der Waals surface area (Å²) in [6.45, 7) is 2.76. The monoisotopic (exact) mass is 235 g/mol. The average Bonchev–Trinajstić information content (AvgIpc) is 2.82. The molecule has 2 rings (SSSR count). The lowest BCUT2D eigenvalue weighted by molar-refractivity contribution is 0.393. The fourth-order valence-electron chi connectivity index (χ4n) is 1.65. The van der Waals surface area contributed by atoms with Crippen LogP contribution in [0.3, 0.4) is 0 Å². The van der Waals surface area contributed by atoms with E-state index in [1.54, 1.807) is 11.8 Å². The molecule has 0 unspecified atom stereocenters. The first-order valence-electron chi connectivity index (χ1n) is 5.40. The third-order valence-electron chi connectivity index (χ3n) is 2.79. The summed E-state index contributed by atoms with van der Waals surface area (Å²) in [4.78, 5) is 0. The zero-order valence-electron chi connectivity index (χ0n) is 10.6. The molecule has 17 heavy (non-hydrogen) atoms. The number of anilines is 1. The lowest BCUT2D eigenvalue weighted by Crippen LogP contribution is -2.02. The van der Waals surface area contributed by atoms with Crippen LogP contribution >= 0.6 is 0 Å². The Hall–Kier alpha value is -1.98. The van der Waals surface area contributed by atoms with Crippen molar-refractivity contribution >= 4 is 5.69 Å². The Morgan fingerprint density at radius 3 is 2.76 bits per heavy atom. The Kier molecular flexibility index (Phi) is 3.03. The second kappa shape index (κ2) is 4.48. The highest BCUT2D eigenvalue weighted by molar-refractivity contribution is 5.51. The van der Waals surface area contributed by atoms with Gasteiger partial charge < -0.3 is 10.1 Å². The van der Waals surface area contributed by atoms with E-state index >= 15 is 0 Å². The second-order valence-corrected chi connectivity index (χ2v) is 3.96. The van der Waals surface area contributed by atoms with E-state index in [-0.39, 0.29) is 0 Å². The molecule has 0 saturated heterocycles. The first-order chi connectivity index (χ1) is 8.11. The SMILES string of the molecule is COc1nn(C)cc1NCc1cnn(C)c1C. The molecule has 6 nitrogen and oxygen atoms in total. The molecule has 0 saturated carbocycles. The molecule has 0 aliphatic heterocycles. The van der Waals surface area contributed by atoms with Gasteiger partial charge in [-0.25, -0.2) is 0 Å². The van der Waals surface area contributed by atoms with Crippen LogP contribution in [0.5, 0.6) is 5.88 Å². The molecule has 2 aromatic rings. The van der Waals surface area contributed by atoms with E-state index in [0.29, 0.717) is 12.4 Å². The fourth-order valence-corrected chi connectivity index (χ4v) is 1.65. The van der Waals surface area contributed by atoms with E-state index < -0.39 is 0 Å². The maximum atomic E-state index is 5.17. The predicted molar refractivity (Wildman–Crippen MR) is 65.0 cm³/mol. The Labute approximate surface area is 100 Å². The van der Waals surface area contributed by atoms with Crippen LogP contribution in [0.1, 0.15) is 11.3 Å². The van der Waals surface area contributed by atoms with E-state index in [4.69, 9.17) is 4.74 Å². The minimum atomic E-state index is 0.606. The van der Waals surface area contributed by atoms with Gasteiger partial charge in [-0.2, -0.15) is 5.10 Å². The minimum absolute atomic E-state index is 0.606. The maximum absolute atomic E-state index is 5.17. The van der Waals surface area contributed by atoms with Crippen LogP contribution < -0.4 is 10.1 Å². The van der Waals surface area contributed by atoms with Crippen molar-refractivity contribution in [3.05, 3.63) is 23.7 Å². The topological polar surface area (TPSA) is 56.9 Å². The number of nitrogens with one attached hydrogen (secondary N) is 1. The minimum Gasteiger partial charge on any atom is -0.478 e. The highest BCUT2D eigenvalue weighted by Gasteiger charge is 2.09. The number of methoxy groups -OCH3 is 1. The summed E-state index contributed by atoms with van der Waals surface area (Å²) in [7, 11) is 5.41. The summed E-state index contributed by atoms with van der Waals surface area (Å²) in [6.07, 6.45) is 3.76. The molecule has 92 valence electrons. The summed E-state index contributed by atoms with van der Waals surface area (Å²) < 4.78 is 8.75. The molecule has 0 fully saturated rings. The van der Waals surface area contributed by atoms with Crippen LogP contribution in [0, 0.1) is 6.92 Å². The van der Waals surface area contributed by atoms with Gasteiger partial charge in [-0.3, -0.25) is 9.36 Å². The van der Waals surface area contributed by atoms with E-state index in [1.807, 2.05) is 38.1 Å². The lowest BCUT2D eigenvalue weighted by Gasteiger charge is -2.04. The van der Waals surface area contributed by atoms with Gasteiger partial charge in [0.25, 0.3) is 5.88 Å². The fraction of sp³-hybridized carbons (Fsp3) is 0.455. The van der Waals surface area contributed by atoms with Gasteiger partial charge in [0, 0.05) is 31.9 Å². The van der Waals surface area contributed by atoms with Crippen molar-refractivity contribution in [2.45, 2.75) is 13.5 Å². The molecule has 1 N–H and O–H groups in total. The predicted octanol–water partition coefficient (Wildman–Crippen LogP) is 1.08. The molecule has 0 aliphatic rings. The summed E-state index contributed by atoms with van der Waals surface area (Å²) in [5.41, 5.74) is 3.21. The van der Waals surface area contributed by atoms with Gasteiger partial charge in [0.2, 0.25) is 0 Å². The van der Waals surface area contributed by atoms with Crippen molar-refractivity contribution in [1.29, 1.82) is 0 Å². The number of hydrogen-bond donors (Lipinski definition) is 1. The number of ether oxygens (including phenoxy) is 1. The highest BCUT2D eigenvalue weighted by Crippen LogP contribution is 2.22. The number of nitrogens with zero attached hydrogens (tertiary/aromatic N) is 4. The maximum Gasteiger partial charge on any atom is 0.256 e. The third kappa shape index (κ3) is 2.25. The van der Waals surface area contributed by atoms with Gasteiger partial charge in [-0.05, 0) is 6.92 Å². The Morgan fingerprint density at radius 1 is 1.41 bits per heavy atom. The zero-order chi connectivity index (χ0) is 12.4. The number of rotatable bonds is 4. The van der Waals surface area contributed by atoms with Crippen molar-refractivity contribution in [2.75, 3.05) is 12.4 Å². The van der Waals surface area contributed by atoms with Crippen molar-refractivity contribution in [3.63, 3.8) is 0 Å². The van der Waals surface area contributed by atoms with Gasteiger partial charge in [0.15, 0.2) is 0 Å². The van der Waals surface area contributed by atoms with E-state index in [1.165, 1.54) is 5.56 Å². The van der Waals surface area contributed by atoms with Crippen LogP contribution in [0.25, 0.3) is 0 Å². The molecule has 0 aromatic carbocycles. The first kappa shape index (κ1) is 11.5. The van der Waals surface area contributed by atoms with Gasteiger partial charge in [-0.15, -0.1) is 5.10 Å². The third-order valence-corrected chi connectivity index (χ3v) is 2.79.